The summed E-state index contributed by atoms with van der Waals surface area (Å²) in [5, 5.41) is 12.5. The number of hydrogen-bond donors (Lipinski definition) is 2. The van der Waals surface area contributed by atoms with Crippen molar-refractivity contribution in [2.45, 2.75) is 52.5 Å². The van der Waals surface area contributed by atoms with Gasteiger partial charge in [-0.25, -0.2) is 4.79 Å². The smallest absolute Gasteiger partial charge is 0.335 e. The summed E-state index contributed by atoms with van der Waals surface area (Å²) in [5.41, 5.74) is 2.48. The molecule has 0 amide bonds. The van der Waals surface area contributed by atoms with Crippen LogP contribution in [0.25, 0.3) is 0 Å². The molecule has 3 nitrogen and oxygen atoms in total. The van der Waals surface area contributed by atoms with Gasteiger partial charge in [0.1, 0.15) is 0 Å². The van der Waals surface area contributed by atoms with Gasteiger partial charge in [0.15, 0.2) is 0 Å². The molecule has 0 bridgehead atoms. The summed E-state index contributed by atoms with van der Waals surface area (Å²) in [6, 6.07) is 6.07. The predicted octanol–water partition coefficient (Wildman–Crippen LogP) is 3.40. The minimum Gasteiger partial charge on any atom is -0.478 e. The third kappa shape index (κ3) is 5.88. The molecule has 0 aliphatic heterocycles. The van der Waals surface area contributed by atoms with E-state index >= 15 is 0 Å². The number of carbonyl (C=O) groups is 1. The molecule has 0 saturated heterocycles. The Morgan fingerprint density at radius 1 is 1.37 bits per heavy atom. The van der Waals surface area contributed by atoms with Gasteiger partial charge < -0.3 is 10.4 Å². The highest BCUT2D eigenvalue weighted by Crippen LogP contribution is 2.10. The number of carboxylic acid groups (broad SMARTS) is 1. The summed E-state index contributed by atoms with van der Waals surface area (Å²) in [7, 11) is 0. The van der Waals surface area contributed by atoms with Crippen LogP contribution in [0.2, 0.25) is 0 Å². The van der Waals surface area contributed by atoms with Crippen molar-refractivity contribution in [3.8, 4) is 0 Å². The molecule has 106 valence electrons. The van der Waals surface area contributed by atoms with Crippen LogP contribution in [0.5, 0.6) is 0 Å². The number of unbranched alkanes of at least 4 members (excludes halogenated alkanes) is 1. The number of nitrogens with one attached hydrogen (secondary N) is 1. The van der Waals surface area contributed by atoms with Crippen LogP contribution in [0.1, 0.15) is 54.6 Å². The standard InChI is InChI=1S/C16H25NO2/c1-4-5-6-13(3)17-8-7-14-9-12(2)10-15(11-14)16(18)19/h9-11,13,17H,4-8H2,1-3H3,(H,18,19). The van der Waals surface area contributed by atoms with E-state index in [9.17, 15) is 4.79 Å². The molecular weight excluding hydrogens is 238 g/mol. The lowest BCUT2D eigenvalue weighted by molar-refractivity contribution is 0.0696. The van der Waals surface area contributed by atoms with E-state index < -0.39 is 5.97 Å². The fourth-order valence-corrected chi connectivity index (χ4v) is 2.21. The molecular formula is C16H25NO2. The van der Waals surface area contributed by atoms with Gasteiger partial charge >= 0.3 is 5.97 Å². The van der Waals surface area contributed by atoms with Crippen molar-refractivity contribution in [2.24, 2.45) is 0 Å². The minimum absolute atomic E-state index is 0.383. The van der Waals surface area contributed by atoms with Gasteiger partial charge in [0.2, 0.25) is 0 Å². The number of hydrogen-bond acceptors (Lipinski definition) is 2. The van der Waals surface area contributed by atoms with Crippen LogP contribution in [-0.4, -0.2) is 23.7 Å². The third-order valence-electron chi connectivity index (χ3n) is 3.28. The number of benzene rings is 1. The van der Waals surface area contributed by atoms with Gasteiger partial charge in [0.05, 0.1) is 5.56 Å². The van der Waals surface area contributed by atoms with Crippen LogP contribution in [0.15, 0.2) is 18.2 Å². The molecule has 0 saturated carbocycles. The van der Waals surface area contributed by atoms with E-state index in [0.717, 1.165) is 24.1 Å². The molecule has 0 aromatic heterocycles. The van der Waals surface area contributed by atoms with E-state index in [1.165, 1.54) is 19.3 Å². The van der Waals surface area contributed by atoms with Crippen molar-refractivity contribution in [2.75, 3.05) is 6.54 Å². The summed E-state index contributed by atoms with van der Waals surface area (Å²) in [6.07, 6.45) is 4.55. The first-order valence-corrected chi connectivity index (χ1v) is 7.10. The Kier molecular flexibility index (Phi) is 6.57. The molecule has 1 aromatic rings. The van der Waals surface area contributed by atoms with E-state index in [4.69, 9.17) is 5.11 Å². The maximum absolute atomic E-state index is 11.0. The largest absolute Gasteiger partial charge is 0.478 e. The maximum Gasteiger partial charge on any atom is 0.335 e. The summed E-state index contributed by atoms with van der Waals surface area (Å²) in [4.78, 5) is 11.0. The number of aryl methyl sites for hydroxylation is 1. The monoisotopic (exact) mass is 263 g/mol. The Balaban J connectivity index is 2.47. The maximum atomic E-state index is 11.0. The average Bonchev–Trinajstić information content (AvgIpc) is 2.35. The van der Waals surface area contributed by atoms with Gasteiger partial charge in [-0.1, -0.05) is 25.8 Å². The summed E-state index contributed by atoms with van der Waals surface area (Å²) >= 11 is 0. The van der Waals surface area contributed by atoms with Crippen LogP contribution in [0.4, 0.5) is 0 Å². The molecule has 1 rings (SSSR count). The normalized spacial score (nSPS) is 12.4. The van der Waals surface area contributed by atoms with Crippen molar-refractivity contribution >= 4 is 5.97 Å². The van der Waals surface area contributed by atoms with Gasteiger partial charge in [-0.3, -0.25) is 0 Å². The molecule has 2 N–H and O–H groups in total. The number of aromatic carboxylic acids is 1. The average molecular weight is 263 g/mol. The van der Waals surface area contributed by atoms with E-state index in [2.05, 4.69) is 25.2 Å². The topological polar surface area (TPSA) is 49.3 Å². The van der Waals surface area contributed by atoms with Gasteiger partial charge in [0, 0.05) is 6.04 Å². The molecule has 0 heterocycles. The fourth-order valence-electron chi connectivity index (χ4n) is 2.21. The lowest BCUT2D eigenvalue weighted by atomic mass is 10.0. The number of carboxylic acids is 1. The highest BCUT2D eigenvalue weighted by Gasteiger charge is 2.06. The zero-order valence-corrected chi connectivity index (χ0v) is 12.2. The fraction of sp³-hybridized carbons (Fsp3) is 0.562. The molecule has 0 aliphatic rings. The summed E-state index contributed by atoms with van der Waals surface area (Å²) in [5.74, 6) is -0.853. The zero-order chi connectivity index (χ0) is 14.3. The highest BCUT2D eigenvalue weighted by molar-refractivity contribution is 5.88. The molecule has 1 atom stereocenters. The van der Waals surface area contributed by atoms with Crippen LogP contribution >= 0.6 is 0 Å². The molecule has 1 unspecified atom stereocenters. The van der Waals surface area contributed by atoms with E-state index in [1.807, 2.05) is 6.92 Å². The Morgan fingerprint density at radius 3 is 2.74 bits per heavy atom. The third-order valence-corrected chi connectivity index (χ3v) is 3.28. The summed E-state index contributed by atoms with van der Waals surface area (Å²) < 4.78 is 0. The molecule has 1 aromatic carbocycles. The second-order valence-electron chi connectivity index (χ2n) is 5.26. The Labute approximate surface area is 116 Å². The first-order chi connectivity index (χ1) is 9.02. The summed E-state index contributed by atoms with van der Waals surface area (Å²) in [6.45, 7) is 7.24. The van der Waals surface area contributed by atoms with Gasteiger partial charge in [0.25, 0.3) is 0 Å². The van der Waals surface area contributed by atoms with Crippen LogP contribution < -0.4 is 5.32 Å². The molecule has 0 fully saturated rings. The lowest BCUT2D eigenvalue weighted by Crippen LogP contribution is -2.28. The zero-order valence-electron chi connectivity index (χ0n) is 12.2. The molecule has 3 heteroatoms. The first-order valence-electron chi connectivity index (χ1n) is 7.10. The van der Waals surface area contributed by atoms with Crippen molar-refractivity contribution in [3.05, 3.63) is 34.9 Å². The van der Waals surface area contributed by atoms with Gasteiger partial charge in [-0.2, -0.15) is 0 Å². The molecule has 19 heavy (non-hydrogen) atoms. The number of rotatable bonds is 8. The Morgan fingerprint density at radius 2 is 2.11 bits per heavy atom. The molecule has 0 radical (unpaired) electrons. The first kappa shape index (κ1) is 15.7. The SMILES string of the molecule is CCCCC(C)NCCc1cc(C)cc(C(=O)O)c1. The van der Waals surface area contributed by atoms with E-state index in [1.54, 1.807) is 12.1 Å². The predicted molar refractivity (Wildman–Crippen MR) is 78.8 cm³/mol. The van der Waals surface area contributed by atoms with Crippen molar-refractivity contribution in [1.82, 2.24) is 5.32 Å². The minimum atomic E-state index is -0.853. The lowest BCUT2D eigenvalue weighted by Gasteiger charge is -2.13. The van der Waals surface area contributed by atoms with Crippen molar-refractivity contribution in [1.29, 1.82) is 0 Å². The molecule has 0 spiro atoms. The van der Waals surface area contributed by atoms with Crippen LogP contribution in [-0.2, 0) is 6.42 Å². The second-order valence-corrected chi connectivity index (χ2v) is 5.26. The Hall–Kier alpha value is -1.35. The van der Waals surface area contributed by atoms with Gasteiger partial charge in [-0.15, -0.1) is 0 Å². The van der Waals surface area contributed by atoms with Crippen molar-refractivity contribution in [3.63, 3.8) is 0 Å². The quantitative estimate of drug-likeness (QED) is 0.755. The second kappa shape index (κ2) is 7.95. The van der Waals surface area contributed by atoms with Crippen LogP contribution in [0.3, 0.4) is 0 Å². The molecule has 0 aliphatic carbocycles. The van der Waals surface area contributed by atoms with E-state index in [0.29, 0.717) is 11.6 Å². The van der Waals surface area contributed by atoms with Gasteiger partial charge in [-0.05, 0) is 56.5 Å². The van der Waals surface area contributed by atoms with Crippen molar-refractivity contribution < 1.29 is 9.90 Å². The highest BCUT2D eigenvalue weighted by atomic mass is 16.4. The van der Waals surface area contributed by atoms with Crippen LogP contribution in [0, 0.1) is 6.92 Å². The van der Waals surface area contributed by atoms with E-state index in [-0.39, 0.29) is 0 Å². The Bertz CT molecular complexity index is 415.